The average Bonchev–Trinajstić information content (AvgIpc) is 2.92. The van der Waals surface area contributed by atoms with E-state index in [9.17, 15) is 8.42 Å². The van der Waals surface area contributed by atoms with Gasteiger partial charge in [0.15, 0.2) is 0 Å². The lowest BCUT2D eigenvalue weighted by molar-refractivity contribution is 0.420. The van der Waals surface area contributed by atoms with E-state index in [4.69, 9.17) is 0 Å². The van der Waals surface area contributed by atoms with Gasteiger partial charge in [-0.25, -0.2) is 13.1 Å². The molecule has 2 rings (SSSR count). The molecule has 6 heteroatoms. The van der Waals surface area contributed by atoms with Gasteiger partial charge >= 0.3 is 0 Å². The van der Waals surface area contributed by atoms with Crippen LogP contribution in [0.4, 0.5) is 0 Å². The Balaban J connectivity index is 1.97. The van der Waals surface area contributed by atoms with Crippen LogP contribution in [0.3, 0.4) is 0 Å². The Labute approximate surface area is 126 Å². The molecule has 0 bridgehead atoms. The predicted octanol–water partition coefficient (Wildman–Crippen LogP) is 2.65. The molecule has 2 unspecified atom stereocenters. The van der Waals surface area contributed by atoms with Crippen LogP contribution >= 0.6 is 11.3 Å². The summed E-state index contributed by atoms with van der Waals surface area (Å²) in [7, 11) is -3.23. The molecule has 0 spiro atoms. The Bertz CT molecular complexity index is 479. The Hall–Kier alpha value is -0.430. The summed E-state index contributed by atoms with van der Waals surface area (Å²) < 4.78 is 27.6. The molecule has 0 saturated carbocycles. The maximum atomic E-state index is 12.3. The highest BCUT2D eigenvalue weighted by molar-refractivity contribution is 7.89. The van der Waals surface area contributed by atoms with Gasteiger partial charge < -0.3 is 5.32 Å². The molecule has 1 saturated heterocycles. The molecule has 4 nitrogen and oxygen atoms in total. The van der Waals surface area contributed by atoms with Crippen LogP contribution in [0.2, 0.25) is 0 Å². The standard InChI is InChI=1S/C14H24N2O2S2/c1-2-6-13(14-8-5-10-19-14)16-20(17,18)11-12-7-3-4-9-15-12/h5,8,10,12-13,15-16H,2-4,6-7,9,11H2,1H3. The van der Waals surface area contributed by atoms with Gasteiger partial charge in [-0.2, -0.15) is 0 Å². The first-order chi connectivity index (χ1) is 9.61. The van der Waals surface area contributed by atoms with E-state index in [0.717, 1.165) is 43.5 Å². The van der Waals surface area contributed by atoms with Crippen molar-refractivity contribution >= 4 is 21.4 Å². The van der Waals surface area contributed by atoms with E-state index < -0.39 is 10.0 Å². The van der Waals surface area contributed by atoms with Crippen LogP contribution in [0.1, 0.15) is 49.9 Å². The molecule has 20 heavy (non-hydrogen) atoms. The number of piperidine rings is 1. The number of rotatable bonds is 7. The molecule has 1 aliphatic rings. The highest BCUT2D eigenvalue weighted by Crippen LogP contribution is 2.24. The molecule has 0 aromatic carbocycles. The quantitative estimate of drug-likeness (QED) is 0.813. The number of hydrogen-bond acceptors (Lipinski definition) is 4. The third kappa shape index (κ3) is 4.84. The molecule has 1 aliphatic heterocycles. The van der Waals surface area contributed by atoms with Crippen molar-refractivity contribution in [3.05, 3.63) is 22.4 Å². The highest BCUT2D eigenvalue weighted by Gasteiger charge is 2.24. The predicted molar refractivity (Wildman–Crippen MR) is 84.5 cm³/mol. The van der Waals surface area contributed by atoms with Gasteiger partial charge in [0.1, 0.15) is 0 Å². The lowest BCUT2D eigenvalue weighted by atomic mass is 10.1. The van der Waals surface area contributed by atoms with Gasteiger partial charge in [0.2, 0.25) is 10.0 Å². The van der Waals surface area contributed by atoms with Crippen molar-refractivity contribution in [2.75, 3.05) is 12.3 Å². The molecule has 2 atom stereocenters. The normalized spacial score (nSPS) is 21.8. The first-order valence-corrected chi connectivity index (χ1v) is 9.90. The fourth-order valence-electron chi connectivity index (χ4n) is 2.63. The molecule has 0 amide bonds. The molecule has 0 radical (unpaired) electrons. The van der Waals surface area contributed by atoms with Crippen LogP contribution in [0.25, 0.3) is 0 Å². The maximum absolute atomic E-state index is 12.3. The minimum atomic E-state index is -3.23. The summed E-state index contributed by atoms with van der Waals surface area (Å²) in [6.07, 6.45) is 5.04. The molecule has 1 fully saturated rings. The maximum Gasteiger partial charge on any atom is 0.213 e. The van der Waals surface area contributed by atoms with E-state index in [1.165, 1.54) is 0 Å². The van der Waals surface area contributed by atoms with Crippen LogP contribution in [0.15, 0.2) is 17.5 Å². The third-order valence-corrected chi connectivity index (χ3v) is 6.09. The molecule has 114 valence electrons. The van der Waals surface area contributed by atoms with Crippen molar-refractivity contribution in [2.45, 2.75) is 51.1 Å². The summed E-state index contributed by atoms with van der Waals surface area (Å²) in [5.41, 5.74) is 0. The van der Waals surface area contributed by atoms with E-state index >= 15 is 0 Å². The lowest BCUT2D eigenvalue weighted by Gasteiger charge is -2.24. The fourth-order valence-corrected chi connectivity index (χ4v) is 5.11. The van der Waals surface area contributed by atoms with Gasteiger partial charge in [0, 0.05) is 10.9 Å². The number of thiophene rings is 1. The smallest absolute Gasteiger partial charge is 0.213 e. The van der Waals surface area contributed by atoms with Crippen molar-refractivity contribution in [2.24, 2.45) is 0 Å². The zero-order chi connectivity index (χ0) is 14.4. The topological polar surface area (TPSA) is 58.2 Å². The monoisotopic (exact) mass is 316 g/mol. The Morgan fingerprint density at radius 2 is 2.35 bits per heavy atom. The minimum Gasteiger partial charge on any atom is -0.313 e. The first kappa shape index (κ1) is 15.9. The van der Waals surface area contributed by atoms with Gasteiger partial charge in [-0.15, -0.1) is 11.3 Å². The minimum absolute atomic E-state index is 0.0754. The van der Waals surface area contributed by atoms with Crippen LogP contribution in [0, 0.1) is 0 Å². The van der Waals surface area contributed by atoms with Crippen molar-refractivity contribution in [3.8, 4) is 0 Å². The lowest BCUT2D eigenvalue weighted by Crippen LogP contribution is -2.43. The van der Waals surface area contributed by atoms with E-state index in [2.05, 4.69) is 17.0 Å². The first-order valence-electron chi connectivity index (χ1n) is 7.37. The van der Waals surface area contributed by atoms with Crippen LogP contribution in [0.5, 0.6) is 0 Å². The summed E-state index contributed by atoms with van der Waals surface area (Å²) in [6, 6.07) is 4.01. The largest absolute Gasteiger partial charge is 0.313 e. The summed E-state index contributed by atoms with van der Waals surface area (Å²) in [5, 5.41) is 5.29. The summed E-state index contributed by atoms with van der Waals surface area (Å²) in [5.74, 6) is 0.193. The second-order valence-corrected chi connectivity index (χ2v) is 8.18. The van der Waals surface area contributed by atoms with Crippen LogP contribution < -0.4 is 10.0 Å². The van der Waals surface area contributed by atoms with Crippen molar-refractivity contribution in [1.82, 2.24) is 10.0 Å². The Morgan fingerprint density at radius 3 is 2.95 bits per heavy atom. The third-order valence-electron chi connectivity index (χ3n) is 3.62. The fraction of sp³-hybridized carbons (Fsp3) is 0.714. The van der Waals surface area contributed by atoms with Crippen molar-refractivity contribution in [3.63, 3.8) is 0 Å². The average molecular weight is 316 g/mol. The highest BCUT2D eigenvalue weighted by atomic mass is 32.2. The molecule has 1 aromatic heterocycles. The summed E-state index contributed by atoms with van der Waals surface area (Å²) in [4.78, 5) is 1.10. The zero-order valence-electron chi connectivity index (χ0n) is 12.0. The van der Waals surface area contributed by atoms with Gasteiger partial charge in [-0.3, -0.25) is 0 Å². The Kier molecular flexibility index (Phi) is 6.01. The van der Waals surface area contributed by atoms with E-state index in [0.29, 0.717) is 0 Å². The Morgan fingerprint density at radius 1 is 1.50 bits per heavy atom. The van der Waals surface area contributed by atoms with Crippen molar-refractivity contribution < 1.29 is 8.42 Å². The van der Waals surface area contributed by atoms with Gasteiger partial charge in [0.05, 0.1) is 11.8 Å². The van der Waals surface area contributed by atoms with Crippen molar-refractivity contribution in [1.29, 1.82) is 0 Å². The summed E-state index contributed by atoms with van der Waals surface area (Å²) in [6.45, 7) is 3.01. The summed E-state index contributed by atoms with van der Waals surface area (Å²) >= 11 is 1.62. The molecule has 0 aliphatic carbocycles. The second kappa shape index (κ2) is 7.54. The number of hydrogen-bond donors (Lipinski definition) is 2. The SMILES string of the molecule is CCCC(NS(=O)(=O)CC1CCCCN1)c1cccs1. The van der Waals surface area contributed by atoms with Crippen LogP contribution in [-0.4, -0.2) is 26.8 Å². The zero-order valence-corrected chi connectivity index (χ0v) is 13.6. The number of sulfonamides is 1. The van der Waals surface area contributed by atoms with Gasteiger partial charge in [0.25, 0.3) is 0 Å². The van der Waals surface area contributed by atoms with Gasteiger partial charge in [-0.1, -0.05) is 25.8 Å². The van der Waals surface area contributed by atoms with Crippen LogP contribution in [-0.2, 0) is 10.0 Å². The van der Waals surface area contributed by atoms with E-state index in [-0.39, 0.29) is 17.8 Å². The molecule has 1 aromatic rings. The molecule has 2 N–H and O–H groups in total. The number of nitrogens with one attached hydrogen (secondary N) is 2. The van der Waals surface area contributed by atoms with E-state index in [1.807, 2.05) is 17.5 Å². The van der Waals surface area contributed by atoms with E-state index in [1.54, 1.807) is 11.3 Å². The van der Waals surface area contributed by atoms with Gasteiger partial charge in [-0.05, 0) is 37.3 Å². The molecule has 2 heterocycles. The molecular formula is C14H24N2O2S2. The molecular weight excluding hydrogens is 292 g/mol. The second-order valence-electron chi connectivity index (χ2n) is 5.40.